The number of likely N-dealkylation sites (N-methyl/N-ethyl adjacent to an activating group) is 1. The summed E-state index contributed by atoms with van der Waals surface area (Å²) in [7, 11) is 1.77. The third kappa shape index (κ3) is 3.43. The molecule has 0 bridgehead atoms. The molecular formula is C22H18ClF3N2O2. The van der Waals surface area contributed by atoms with Crippen LogP contribution in [-0.4, -0.2) is 23.7 Å². The molecule has 2 heterocycles. The number of nitrogens with zero attached hydrogens (tertiary/aromatic N) is 1. The van der Waals surface area contributed by atoms with Crippen molar-refractivity contribution in [1.29, 1.82) is 0 Å². The van der Waals surface area contributed by atoms with E-state index in [0.29, 0.717) is 28.3 Å². The molecule has 1 aromatic heterocycles. The predicted octanol–water partition coefficient (Wildman–Crippen LogP) is 5.04. The molecule has 1 aliphatic rings. The highest BCUT2D eigenvalue weighted by Gasteiger charge is 2.48. The van der Waals surface area contributed by atoms with Crippen molar-refractivity contribution in [2.75, 3.05) is 13.6 Å². The van der Waals surface area contributed by atoms with Crippen molar-refractivity contribution in [3.05, 3.63) is 93.8 Å². The predicted molar refractivity (Wildman–Crippen MR) is 106 cm³/mol. The highest BCUT2D eigenvalue weighted by Crippen LogP contribution is 2.52. The second kappa shape index (κ2) is 7.58. The summed E-state index contributed by atoms with van der Waals surface area (Å²) in [6, 6.07) is 11.9. The van der Waals surface area contributed by atoms with Gasteiger partial charge in [-0.15, -0.1) is 0 Å². The normalized spacial score (nSPS) is 20.9. The minimum atomic E-state index is -4.43. The Hall–Kier alpha value is -2.61. The van der Waals surface area contributed by atoms with Crippen LogP contribution in [0.5, 0.6) is 5.75 Å². The number of alkyl halides is 3. The lowest BCUT2D eigenvalue weighted by Gasteiger charge is -2.31. The SMILES string of the molecule is CNCC1(c2ccc(Cl)cc2)OC(c2ccc(C(F)(F)F)cc2)c2c(O)cncc21. The fourth-order valence-corrected chi connectivity index (χ4v) is 4.02. The van der Waals surface area contributed by atoms with E-state index in [-0.39, 0.29) is 5.75 Å². The molecule has 4 nitrogen and oxygen atoms in total. The van der Waals surface area contributed by atoms with E-state index in [4.69, 9.17) is 16.3 Å². The fraction of sp³-hybridized carbons (Fsp3) is 0.227. The minimum absolute atomic E-state index is 0.0793. The molecule has 8 heteroatoms. The molecule has 0 aliphatic carbocycles. The number of ether oxygens (including phenoxy) is 1. The van der Waals surface area contributed by atoms with Gasteiger partial charge in [-0.25, -0.2) is 0 Å². The van der Waals surface area contributed by atoms with Gasteiger partial charge in [-0.1, -0.05) is 35.9 Å². The van der Waals surface area contributed by atoms with Crippen LogP contribution in [0.3, 0.4) is 0 Å². The van der Waals surface area contributed by atoms with Crippen LogP contribution in [0.1, 0.15) is 33.9 Å². The first-order valence-corrected chi connectivity index (χ1v) is 9.57. The maximum absolute atomic E-state index is 13.0. The van der Waals surface area contributed by atoms with E-state index in [1.54, 1.807) is 25.4 Å². The lowest BCUT2D eigenvalue weighted by molar-refractivity contribution is -0.137. The summed E-state index contributed by atoms with van der Waals surface area (Å²) in [6.45, 7) is 0.351. The number of aromatic hydroxyl groups is 1. The highest BCUT2D eigenvalue weighted by molar-refractivity contribution is 6.30. The molecule has 0 spiro atoms. The average molecular weight is 435 g/mol. The molecule has 0 fully saturated rings. The second-order valence-electron chi connectivity index (χ2n) is 7.10. The smallest absolute Gasteiger partial charge is 0.416 e. The molecule has 0 saturated carbocycles. The number of hydrogen-bond acceptors (Lipinski definition) is 4. The van der Waals surface area contributed by atoms with E-state index in [1.165, 1.54) is 18.3 Å². The first kappa shape index (κ1) is 20.7. The Morgan fingerprint density at radius 1 is 1.10 bits per heavy atom. The third-order valence-electron chi connectivity index (χ3n) is 5.26. The van der Waals surface area contributed by atoms with Crippen LogP contribution in [0.2, 0.25) is 5.02 Å². The van der Waals surface area contributed by atoms with Gasteiger partial charge in [0.2, 0.25) is 0 Å². The zero-order valence-corrected chi connectivity index (χ0v) is 16.6. The fourth-order valence-electron chi connectivity index (χ4n) is 3.89. The quantitative estimate of drug-likeness (QED) is 0.604. The van der Waals surface area contributed by atoms with Gasteiger partial charge < -0.3 is 15.2 Å². The maximum Gasteiger partial charge on any atom is 0.416 e. The van der Waals surface area contributed by atoms with Gasteiger partial charge in [0.15, 0.2) is 0 Å². The van der Waals surface area contributed by atoms with Crippen molar-refractivity contribution in [3.63, 3.8) is 0 Å². The van der Waals surface area contributed by atoms with Crippen molar-refractivity contribution < 1.29 is 23.0 Å². The van der Waals surface area contributed by atoms with Gasteiger partial charge in [-0.3, -0.25) is 4.98 Å². The van der Waals surface area contributed by atoms with Crippen LogP contribution in [0.25, 0.3) is 0 Å². The molecule has 2 atom stereocenters. The molecule has 30 heavy (non-hydrogen) atoms. The van der Waals surface area contributed by atoms with E-state index in [9.17, 15) is 18.3 Å². The number of rotatable bonds is 4. The Morgan fingerprint density at radius 3 is 2.37 bits per heavy atom. The number of halogens is 4. The van der Waals surface area contributed by atoms with Crippen LogP contribution in [0, 0.1) is 0 Å². The average Bonchev–Trinajstić information content (AvgIpc) is 3.05. The summed E-state index contributed by atoms with van der Waals surface area (Å²) < 4.78 is 45.4. The van der Waals surface area contributed by atoms with Gasteiger partial charge in [0.05, 0.1) is 11.8 Å². The van der Waals surface area contributed by atoms with Gasteiger partial charge in [0, 0.05) is 28.9 Å². The second-order valence-corrected chi connectivity index (χ2v) is 7.54. The molecule has 3 aromatic rings. The summed E-state index contributed by atoms with van der Waals surface area (Å²) in [5.41, 5.74) is 0.650. The number of pyridine rings is 1. The van der Waals surface area contributed by atoms with E-state index < -0.39 is 23.4 Å². The highest BCUT2D eigenvalue weighted by atomic mass is 35.5. The van der Waals surface area contributed by atoms with Crippen LogP contribution in [-0.2, 0) is 16.5 Å². The summed E-state index contributed by atoms with van der Waals surface area (Å²) in [4.78, 5) is 4.12. The van der Waals surface area contributed by atoms with Crippen molar-refractivity contribution >= 4 is 11.6 Å². The number of hydrogen-bond donors (Lipinski definition) is 2. The standard InChI is InChI=1S/C22H18ClF3N2O2/c1-27-12-21(14-6-8-16(23)9-7-14)17-10-28-11-18(29)19(17)20(30-21)13-2-4-15(5-3-13)22(24,25)26/h2-11,20,27,29H,12H2,1H3. The van der Waals surface area contributed by atoms with Crippen molar-refractivity contribution in [3.8, 4) is 5.75 Å². The molecule has 2 aromatic carbocycles. The Balaban J connectivity index is 1.86. The topological polar surface area (TPSA) is 54.4 Å². The van der Waals surface area contributed by atoms with Crippen LogP contribution in [0.4, 0.5) is 13.2 Å². The van der Waals surface area contributed by atoms with Gasteiger partial charge in [0.25, 0.3) is 0 Å². The summed E-state index contributed by atoms with van der Waals surface area (Å²) in [5, 5.41) is 14.2. The maximum atomic E-state index is 13.0. The number of aromatic nitrogens is 1. The number of fused-ring (bicyclic) bond motifs is 1. The molecule has 0 radical (unpaired) electrons. The molecule has 0 saturated heterocycles. The van der Waals surface area contributed by atoms with Gasteiger partial charge >= 0.3 is 6.18 Å². The molecule has 0 amide bonds. The first-order valence-electron chi connectivity index (χ1n) is 9.19. The summed E-state index contributed by atoms with van der Waals surface area (Å²) >= 11 is 6.04. The number of benzene rings is 2. The van der Waals surface area contributed by atoms with Gasteiger partial charge in [-0.05, 0) is 42.4 Å². The van der Waals surface area contributed by atoms with E-state index >= 15 is 0 Å². The molecule has 156 valence electrons. The molecule has 2 N–H and O–H groups in total. The van der Waals surface area contributed by atoms with E-state index in [2.05, 4.69) is 10.3 Å². The Kier molecular flexibility index (Phi) is 5.22. The third-order valence-corrected chi connectivity index (χ3v) is 5.51. The van der Waals surface area contributed by atoms with Crippen LogP contribution < -0.4 is 5.32 Å². The molecule has 2 unspecified atom stereocenters. The van der Waals surface area contributed by atoms with Crippen LogP contribution >= 0.6 is 11.6 Å². The minimum Gasteiger partial charge on any atom is -0.506 e. The first-order chi connectivity index (χ1) is 14.3. The van der Waals surface area contributed by atoms with Crippen molar-refractivity contribution in [1.82, 2.24) is 10.3 Å². The Bertz CT molecular complexity index is 1060. The Labute approximate surface area is 176 Å². The van der Waals surface area contributed by atoms with E-state index in [0.717, 1.165) is 17.7 Å². The van der Waals surface area contributed by atoms with Crippen LogP contribution in [0.15, 0.2) is 60.9 Å². The summed E-state index contributed by atoms with van der Waals surface area (Å²) in [5.74, 6) is -0.0793. The molecule has 4 rings (SSSR count). The van der Waals surface area contributed by atoms with Crippen molar-refractivity contribution in [2.24, 2.45) is 0 Å². The summed E-state index contributed by atoms with van der Waals surface area (Å²) in [6.07, 6.45) is -2.28. The largest absolute Gasteiger partial charge is 0.506 e. The van der Waals surface area contributed by atoms with Gasteiger partial charge in [0.1, 0.15) is 17.5 Å². The zero-order chi connectivity index (χ0) is 21.5. The lowest BCUT2D eigenvalue weighted by Crippen LogP contribution is -2.38. The molecular weight excluding hydrogens is 417 g/mol. The van der Waals surface area contributed by atoms with Crippen molar-refractivity contribution in [2.45, 2.75) is 17.9 Å². The lowest BCUT2D eigenvalue weighted by atomic mass is 9.85. The number of nitrogens with one attached hydrogen (secondary N) is 1. The molecule has 1 aliphatic heterocycles. The Morgan fingerprint density at radius 2 is 1.77 bits per heavy atom. The van der Waals surface area contributed by atoms with Gasteiger partial charge in [-0.2, -0.15) is 13.2 Å². The van der Waals surface area contributed by atoms with E-state index in [1.807, 2.05) is 12.1 Å². The zero-order valence-electron chi connectivity index (χ0n) is 15.9. The monoisotopic (exact) mass is 434 g/mol.